The summed E-state index contributed by atoms with van der Waals surface area (Å²) in [5.41, 5.74) is 25.4. The fourth-order valence-corrected chi connectivity index (χ4v) is 20.5. The van der Waals surface area contributed by atoms with Gasteiger partial charge in [-0.15, -0.1) is 0 Å². The van der Waals surface area contributed by atoms with Crippen molar-refractivity contribution in [2.45, 2.75) is 0 Å². The second kappa shape index (κ2) is 22.8. The molecule has 1 aliphatic rings. The van der Waals surface area contributed by atoms with E-state index in [1.54, 1.807) is 0 Å². The zero-order valence-electron chi connectivity index (χ0n) is 51.7. The predicted molar refractivity (Wildman–Crippen MR) is 402 cm³/mol. The number of nitrogens with zero attached hydrogens (tertiary/aromatic N) is 1. The van der Waals surface area contributed by atoms with E-state index in [2.05, 4.69) is 375 Å². The summed E-state index contributed by atoms with van der Waals surface area (Å²) in [4.78, 5) is 0. The van der Waals surface area contributed by atoms with Crippen LogP contribution in [0, 0.1) is 0 Å². The molecule has 16 aromatic carbocycles. The number of benzene rings is 16. The van der Waals surface area contributed by atoms with Crippen molar-refractivity contribution in [1.29, 1.82) is 0 Å². The maximum absolute atomic E-state index is 2.97. The Hall–Kier alpha value is -11.9. The Labute approximate surface area is 549 Å². The van der Waals surface area contributed by atoms with E-state index in [1.165, 1.54) is 164 Å². The van der Waals surface area contributed by atoms with Gasteiger partial charge in [-0.25, -0.2) is 0 Å². The molecular weight excluding hydrogens is 1150 g/mol. The molecule has 2 heteroatoms. The Balaban J connectivity index is 0.753. The molecule has 0 saturated heterocycles. The molecule has 0 amide bonds. The standard InChI is InChI=1S/C92H61NSi/c1-4-16-62(17-5-1)63-30-40-70(41-31-63)77-50-54-85-86-55-53-78(61-92(86)94(91(85)60-77,79-22-6-2-7-23-79)80-24-8-3-9-25-80)93-89-56-51-75(68-36-32-64(33-37-68)66-42-46-73(47-43-66)83-28-14-20-71-18-10-12-26-81(71)83)58-87(89)88-59-76(52-57-90(88)93)69-38-34-65(35-39-69)67-44-48-74(49-45-67)84-29-15-21-72-19-11-13-27-82(72)84/h1-61H. The second-order valence-electron chi connectivity index (χ2n) is 25.1. The largest absolute Gasteiger partial charge is 0.309 e. The van der Waals surface area contributed by atoms with Gasteiger partial charge in [-0.1, -0.05) is 334 Å². The van der Waals surface area contributed by atoms with Crippen molar-refractivity contribution in [2.24, 2.45) is 0 Å². The monoisotopic (exact) mass is 1210 g/mol. The number of fused-ring (bicyclic) bond motifs is 8. The lowest BCUT2D eigenvalue weighted by atomic mass is 9.95. The minimum absolute atomic E-state index is 1.15. The maximum Gasteiger partial charge on any atom is 0.180 e. The Morgan fingerprint density at radius 1 is 0.181 bits per heavy atom. The van der Waals surface area contributed by atoms with Gasteiger partial charge in [0.05, 0.1) is 11.0 Å². The molecule has 18 rings (SSSR count). The van der Waals surface area contributed by atoms with E-state index in [0.717, 1.165) is 5.69 Å². The molecule has 0 unspecified atom stereocenters. The van der Waals surface area contributed by atoms with E-state index in [1.807, 2.05) is 0 Å². The van der Waals surface area contributed by atoms with Crippen LogP contribution in [-0.2, 0) is 0 Å². The first-order valence-electron chi connectivity index (χ1n) is 32.6. The van der Waals surface area contributed by atoms with Gasteiger partial charge in [0.25, 0.3) is 0 Å². The van der Waals surface area contributed by atoms with Gasteiger partial charge in [0, 0.05) is 16.5 Å². The van der Waals surface area contributed by atoms with Crippen molar-refractivity contribution in [2.75, 3.05) is 0 Å². The smallest absolute Gasteiger partial charge is 0.180 e. The number of aromatic nitrogens is 1. The average molecular weight is 1210 g/mol. The van der Waals surface area contributed by atoms with Gasteiger partial charge in [-0.05, 0) is 179 Å². The molecule has 0 radical (unpaired) electrons. The molecule has 0 N–H and O–H groups in total. The van der Waals surface area contributed by atoms with E-state index < -0.39 is 8.07 Å². The van der Waals surface area contributed by atoms with Crippen molar-refractivity contribution in [3.63, 3.8) is 0 Å². The van der Waals surface area contributed by atoms with E-state index >= 15 is 0 Å². The molecule has 0 atom stereocenters. The van der Waals surface area contributed by atoms with Crippen molar-refractivity contribution in [1.82, 2.24) is 4.57 Å². The molecule has 2 heterocycles. The fourth-order valence-electron chi connectivity index (χ4n) is 15.3. The van der Waals surface area contributed by atoms with Crippen molar-refractivity contribution in [3.8, 4) is 106 Å². The molecule has 1 aromatic heterocycles. The van der Waals surface area contributed by atoms with Crippen LogP contribution in [0.15, 0.2) is 370 Å². The van der Waals surface area contributed by atoms with Crippen molar-refractivity contribution in [3.05, 3.63) is 370 Å². The zero-order chi connectivity index (χ0) is 62.1. The van der Waals surface area contributed by atoms with Gasteiger partial charge < -0.3 is 4.57 Å². The molecule has 0 fully saturated rings. The Morgan fingerprint density at radius 3 is 0.926 bits per heavy atom. The van der Waals surface area contributed by atoms with E-state index in [0.29, 0.717) is 0 Å². The molecule has 0 aliphatic carbocycles. The van der Waals surface area contributed by atoms with Gasteiger partial charge in [-0.3, -0.25) is 0 Å². The third-order valence-electron chi connectivity index (χ3n) is 20.0. The van der Waals surface area contributed by atoms with Gasteiger partial charge in [0.15, 0.2) is 8.07 Å². The number of hydrogen-bond acceptors (Lipinski definition) is 0. The van der Waals surface area contributed by atoms with E-state index in [9.17, 15) is 0 Å². The minimum atomic E-state index is -2.97. The third-order valence-corrected chi connectivity index (χ3v) is 24.8. The first-order chi connectivity index (χ1) is 46.6. The molecule has 17 aromatic rings. The molecule has 0 bridgehead atoms. The predicted octanol–water partition coefficient (Wildman–Crippen LogP) is 21.8. The quantitative estimate of drug-likeness (QED) is 0.114. The van der Waals surface area contributed by atoms with Gasteiger partial charge in [0.2, 0.25) is 0 Å². The Bertz CT molecular complexity index is 5440. The summed E-state index contributed by atoms with van der Waals surface area (Å²) in [6, 6.07) is 138. The van der Waals surface area contributed by atoms with Gasteiger partial charge in [-0.2, -0.15) is 0 Å². The summed E-state index contributed by atoms with van der Waals surface area (Å²) >= 11 is 0. The third kappa shape index (κ3) is 9.29. The Morgan fingerprint density at radius 2 is 0.489 bits per heavy atom. The molecule has 1 aliphatic heterocycles. The molecule has 438 valence electrons. The van der Waals surface area contributed by atoms with Crippen molar-refractivity contribution >= 4 is 72.2 Å². The lowest BCUT2D eigenvalue weighted by Gasteiger charge is -2.32. The minimum Gasteiger partial charge on any atom is -0.309 e. The van der Waals surface area contributed by atoms with Gasteiger partial charge >= 0.3 is 0 Å². The van der Waals surface area contributed by atoms with Crippen LogP contribution in [0.5, 0.6) is 0 Å². The highest BCUT2D eigenvalue weighted by Gasteiger charge is 2.49. The molecule has 0 saturated carbocycles. The summed E-state index contributed by atoms with van der Waals surface area (Å²) in [6.07, 6.45) is 0. The van der Waals surface area contributed by atoms with Gasteiger partial charge in [0.1, 0.15) is 0 Å². The summed E-state index contributed by atoms with van der Waals surface area (Å²) in [5, 5.41) is 13.1. The van der Waals surface area contributed by atoms with Crippen LogP contribution in [0.25, 0.3) is 149 Å². The summed E-state index contributed by atoms with van der Waals surface area (Å²) in [6.45, 7) is 0. The van der Waals surface area contributed by atoms with Crippen LogP contribution < -0.4 is 20.7 Å². The van der Waals surface area contributed by atoms with E-state index in [4.69, 9.17) is 0 Å². The van der Waals surface area contributed by atoms with Crippen LogP contribution in [0.3, 0.4) is 0 Å². The lowest BCUT2D eigenvalue weighted by molar-refractivity contribution is 1.18. The first-order valence-corrected chi connectivity index (χ1v) is 34.6. The maximum atomic E-state index is 2.57. The van der Waals surface area contributed by atoms with Crippen LogP contribution in [0.1, 0.15) is 0 Å². The lowest BCUT2D eigenvalue weighted by Crippen LogP contribution is -2.72. The molecular formula is C92H61NSi. The highest BCUT2D eigenvalue weighted by Crippen LogP contribution is 2.41. The zero-order valence-corrected chi connectivity index (χ0v) is 52.7. The first kappa shape index (κ1) is 54.9. The van der Waals surface area contributed by atoms with Crippen molar-refractivity contribution < 1.29 is 0 Å². The second-order valence-corrected chi connectivity index (χ2v) is 28.8. The SMILES string of the molecule is c1ccc(-c2ccc(-c3ccc4c(c3)[Si](c3ccccc3)(c3ccccc3)c3cc(-n5c6ccc(-c7ccc(-c8ccc(-c9cccc%10ccccc9%10)cc8)cc7)cc6c6cc(-c7ccc(-c8ccc(-c9cccc%10ccccc9%10)cc8)cc7)ccc65)ccc3-4)cc2)cc1. The number of hydrogen-bond donors (Lipinski definition) is 0. The van der Waals surface area contributed by atoms with Crippen LogP contribution in [0.4, 0.5) is 0 Å². The van der Waals surface area contributed by atoms with Crippen LogP contribution >= 0.6 is 0 Å². The topological polar surface area (TPSA) is 4.93 Å². The normalized spacial score (nSPS) is 12.3. The van der Waals surface area contributed by atoms with Crippen LogP contribution in [-0.4, -0.2) is 12.6 Å². The summed E-state index contributed by atoms with van der Waals surface area (Å²) < 4.78 is 2.53. The molecule has 0 spiro atoms. The average Bonchev–Trinajstić information content (AvgIpc) is 1.53. The fraction of sp³-hybridized carbons (Fsp3) is 0. The summed E-state index contributed by atoms with van der Waals surface area (Å²) in [5.74, 6) is 0. The highest BCUT2D eigenvalue weighted by atomic mass is 28.3. The summed E-state index contributed by atoms with van der Waals surface area (Å²) in [7, 11) is -2.97. The molecule has 94 heavy (non-hydrogen) atoms. The van der Waals surface area contributed by atoms with Crippen LogP contribution in [0.2, 0.25) is 0 Å². The highest BCUT2D eigenvalue weighted by molar-refractivity contribution is 7.22. The Kier molecular flexibility index (Phi) is 13.3. The van der Waals surface area contributed by atoms with E-state index in [-0.39, 0.29) is 0 Å². The number of rotatable bonds is 11. The molecule has 1 nitrogen and oxygen atoms in total.